The minimum Gasteiger partial charge on any atom is -0.411 e. The molecule has 1 aromatic heterocycles. The van der Waals surface area contributed by atoms with Crippen LogP contribution < -0.4 is 0 Å². The second-order valence-electron chi connectivity index (χ2n) is 5.26. The van der Waals surface area contributed by atoms with Crippen molar-refractivity contribution in [3.63, 3.8) is 0 Å². The van der Waals surface area contributed by atoms with Crippen LogP contribution in [-0.4, -0.2) is 36.5 Å². The average molecular weight is 286 g/mol. The molecule has 0 aliphatic carbocycles. The van der Waals surface area contributed by atoms with Gasteiger partial charge in [-0.3, -0.25) is 0 Å². The Bertz CT molecular complexity index is 606. The Morgan fingerprint density at radius 3 is 2.90 bits per heavy atom. The quantitative estimate of drug-likeness (QED) is 0.523. The predicted molar refractivity (Wildman–Crippen MR) is 83.2 cm³/mol. The summed E-state index contributed by atoms with van der Waals surface area (Å²) in [7, 11) is 2.18. The van der Waals surface area contributed by atoms with Gasteiger partial charge in [0.1, 0.15) is 0 Å². The molecule has 1 aromatic carbocycles. The van der Waals surface area contributed by atoms with Gasteiger partial charge in [0.05, 0.1) is 6.21 Å². The second-order valence-corrected chi connectivity index (χ2v) is 6.37. The van der Waals surface area contributed by atoms with E-state index < -0.39 is 0 Å². The molecule has 104 valence electrons. The van der Waals surface area contributed by atoms with E-state index in [-0.39, 0.29) is 0 Å². The Morgan fingerprint density at radius 2 is 2.15 bits per heavy atom. The van der Waals surface area contributed by atoms with Gasteiger partial charge in [-0.1, -0.05) is 35.5 Å². The molecule has 1 unspecified atom stereocenters. The maximum absolute atomic E-state index is 8.73. The Balaban J connectivity index is 2.04. The topological polar surface area (TPSA) is 35.8 Å². The zero-order valence-electron chi connectivity index (χ0n) is 11.5. The molecule has 1 aliphatic rings. The molecule has 3 rings (SSSR count). The van der Waals surface area contributed by atoms with E-state index in [1.54, 1.807) is 11.3 Å². The van der Waals surface area contributed by atoms with Gasteiger partial charge < -0.3 is 10.1 Å². The van der Waals surface area contributed by atoms with Crippen LogP contribution in [0, 0.1) is 0 Å². The van der Waals surface area contributed by atoms with Gasteiger partial charge in [-0.25, -0.2) is 0 Å². The first kappa shape index (κ1) is 13.3. The molecule has 20 heavy (non-hydrogen) atoms. The molecule has 1 aliphatic heterocycles. The highest BCUT2D eigenvalue weighted by molar-refractivity contribution is 7.14. The summed E-state index contributed by atoms with van der Waals surface area (Å²) >= 11 is 1.74. The minimum absolute atomic E-state index is 0.407. The fourth-order valence-corrected chi connectivity index (χ4v) is 4.01. The summed E-state index contributed by atoms with van der Waals surface area (Å²) in [6.07, 6.45) is 2.59. The van der Waals surface area contributed by atoms with E-state index in [0.717, 1.165) is 24.4 Å². The Labute approximate surface area is 123 Å². The molecule has 0 radical (unpaired) electrons. The summed E-state index contributed by atoms with van der Waals surface area (Å²) in [6.45, 7) is 2.11. The van der Waals surface area contributed by atoms with Crippen LogP contribution >= 0.6 is 11.3 Å². The van der Waals surface area contributed by atoms with Crippen molar-refractivity contribution in [1.82, 2.24) is 4.90 Å². The van der Waals surface area contributed by atoms with E-state index in [4.69, 9.17) is 5.21 Å². The van der Waals surface area contributed by atoms with Crippen LogP contribution in [0.3, 0.4) is 0 Å². The lowest BCUT2D eigenvalue weighted by Gasteiger charge is -2.20. The van der Waals surface area contributed by atoms with E-state index in [9.17, 15) is 0 Å². The number of benzene rings is 1. The third-order valence-electron chi connectivity index (χ3n) is 3.82. The molecule has 0 bridgehead atoms. The van der Waals surface area contributed by atoms with E-state index in [2.05, 4.69) is 53.5 Å². The van der Waals surface area contributed by atoms with E-state index in [1.807, 2.05) is 0 Å². The SMILES string of the molecule is CN1CCc2cc(C=NO)sc2C(c2ccccc2)C1. The molecule has 0 amide bonds. The van der Waals surface area contributed by atoms with Crippen molar-refractivity contribution in [3.05, 3.63) is 57.3 Å². The van der Waals surface area contributed by atoms with Crippen LogP contribution in [0.15, 0.2) is 41.6 Å². The summed E-state index contributed by atoms with van der Waals surface area (Å²) in [5.41, 5.74) is 2.75. The van der Waals surface area contributed by atoms with Gasteiger partial charge in [0, 0.05) is 28.8 Å². The zero-order valence-corrected chi connectivity index (χ0v) is 12.3. The minimum atomic E-state index is 0.407. The lowest BCUT2D eigenvalue weighted by atomic mass is 9.95. The van der Waals surface area contributed by atoms with Gasteiger partial charge in [-0.2, -0.15) is 0 Å². The molecule has 0 spiro atoms. The number of oxime groups is 1. The first-order valence-electron chi connectivity index (χ1n) is 6.81. The largest absolute Gasteiger partial charge is 0.411 e. The molecule has 3 nitrogen and oxygen atoms in total. The fourth-order valence-electron chi connectivity index (χ4n) is 2.81. The summed E-state index contributed by atoms with van der Waals surface area (Å²) in [5, 5.41) is 11.9. The number of likely N-dealkylation sites (N-methyl/N-ethyl adjacent to an activating group) is 1. The summed E-state index contributed by atoms with van der Waals surface area (Å²) < 4.78 is 0. The highest BCUT2D eigenvalue weighted by Gasteiger charge is 2.25. The number of fused-ring (bicyclic) bond motifs is 1. The highest BCUT2D eigenvalue weighted by Crippen LogP contribution is 2.36. The van der Waals surface area contributed by atoms with Crippen molar-refractivity contribution in [3.8, 4) is 0 Å². The average Bonchev–Trinajstić information content (AvgIpc) is 2.80. The Kier molecular flexibility index (Phi) is 3.85. The first-order valence-corrected chi connectivity index (χ1v) is 7.63. The highest BCUT2D eigenvalue weighted by atomic mass is 32.1. The van der Waals surface area contributed by atoms with E-state index in [1.165, 1.54) is 22.2 Å². The molecule has 1 atom stereocenters. The molecule has 4 heteroatoms. The molecule has 0 fully saturated rings. The zero-order chi connectivity index (χ0) is 13.9. The normalized spacial score (nSPS) is 19.9. The van der Waals surface area contributed by atoms with Crippen LogP contribution in [-0.2, 0) is 6.42 Å². The van der Waals surface area contributed by atoms with E-state index in [0.29, 0.717) is 5.92 Å². The Morgan fingerprint density at radius 1 is 1.35 bits per heavy atom. The lowest BCUT2D eigenvalue weighted by Crippen LogP contribution is -2.24. The Hall–Kier alpha value is -1.65. The number of rotatable bonds is 2. The molecule has 1 N–H and O–H groups in total. The molecule has 2 aromatic rings. The lowest BCUT2D eigenvalue weighted by molar-refractivity contribution is 0.322. The van der Waals surface area contributed by atoms with Crippen molar-refractivity contribution in [2.45, 2.75) is 12.3 Å². The molecule has 0 saturated carbocycles. The molecular weight excluding hydrogens is 268 g/mol. The van der Waals surface area contributed by atoms with Crippen molar-refractivity contribution >= 4 is 17.6 Å². The fraction of sp³-hybridized carbons (Fsp3) is 0.312. The maximum Gasteiger partial charge on any atom is 0.0833 e. The number of nitrogens with zero attached hydrogens (tertiary/aromatic N) is 2. The van der Waals surface area contributed by atoms with Gasteiger partial charge in [0.2, 0.25) is 0 Å². The summed E-state index contributed by atoms with van der Waals surface area (Å²) in [4.78, 5) is 4.84. The monoisotopic (exact) mass is 286 g/mol. The number of thiophene rings is 1. The van der Waals surface area contributed by atoms with Crippen molar-refractivity contribution in [2.24, 2.45) is 5.16 Å². The second kappa shape index (κ2) is 5.77. The van der Waals surface area contributed by atoms with Gasteiger partial charge in [-0.05, 0) is 30.7 Å². The van der Waals surface area contributed by atoms with Crippen LogP contribution in [0.1, 0.15) is 26.8 Å². The van der Waals surface area contributed by atoms with Crippen molar-refractivity contribution < 1.29 is 5.21 Å². The standard InChI is InChI=1S/C16H18N2OS/c1-18-8-7-13-9-14(10-17-19)20-16(13)15(11-18)12-5-3-2-4-6-12/h2-6,9-10,15,19H,7-8,11H2,1H3. The van der Waals surface area contributed by atoms with Gasteiger partial charge in [-0.15, -0.1) is 11.3 Å². The number of hydrogen-bond acceptors (Lipinski definition) is 4. The van der Waals surface area contributed by atoms with Crippen molar-refractivity contribution in [1.29, 1.82) is 0 Å². The van der Waals surface area contributed by atoms with Crippen LogP contribution in [0.25, 0.3) is 0 Å². The van der Waals surface area contributed by atoms with Gasteiger partial charge in [0.15, 0.2) is 0 Å². The third-order valence-corrected chi connectivity index (χ3v) is 5.05. The van der Waals surface area contributed by atoms with Gasteiger partial charge >= 0.3 is 0 Å². The van der Waals surface area contributed by atoms with Crippen LogP contribution in [0.2, 0.25) is 0 Å². The van der Waals surface area contributed by atoms with Crippen LogP contribution in [0.5, 0.6) is 0 Å². The van der Waals surface area contributed by atoms with E-state index >= 15 is 0 Å². The van der Waals surface area contributed by atoms with Crippen molar-refractivity contribution in [2.75, 3.05) is 20.1 Å². The summed E-state index contributed by atoms with van der Waals surface area (Å²) in [5.74, 6) is 0.407. The van der Waals surface area contributed by atoms with Crippen LogP contribution in [0.4, 0.5) is 0 Å². The molecule has 2 heterocycles. The number of hydrogen-bond donors (Lipinski definition) is 1. The first-order chi connectivity index (χ1) is 9.78. The smallest absolute Gasteiger partial charge is 0.0833 e. The predicted octanol–water partition coefficient (Wildman–Crippen LogP) is 3.18. The maximum atomic E-state index is 8.73. The molecular formula is C16H18N2OS. The third kappa shape index (κ3) is 2.62. The van der Waals surface area contributed by atoms with Gasteiger partial charge in [0.25, 0.3) is 0 Å². The summed E-state index contributed by atoms with van der Waals surface area (Å²) in [6, 6.07) is 12.8. The molecule has 0 saturated heterocycles.